The lowest BCUT2D eigenvalue weighted by Gasteiger charge is -2.33. The monoisotopic (exact) mass is 597 g/mol. The normalized spacial score (nSPS) is 16.3. The fraction of sp³-hybridized carbons (Fsp3) is 0.607. The molecule has 14 heteroatoms. The van der Waals surface area contributed by atoms with Crippen LogP contribution >= 0.6 is 0 Å². The second-order valence-corrected chi connectivity index (χ2v) is 11.1. The fourth-order valence-corrected chi connectivity index (χ4v) is 4.46. The summed E-state index contributed by atoms with van der Waals surface area (Å²) in [7, 11) is 0. The van der Waals surface area contributed by atoms with Crippen LogP contribution in [0.2, 0.25) is 0 Å². The number of benzene rings is 1. The van der Waals surface area contributed by atoms with Gasteiger partial charge in [0.05, 0.1) is 18.1 Å². The largest absolute Gasteiger partial charge is 0.493 e. The summed E-state index contributed by atoms with van der Waals surface area (Å²) in [4.78, 5) is 33.0. The van der Waals surface area contributed by atoms with Crippen molar-refractivity contribution in [1.29, 1.82) is 0 Å². The number of ether oxygens (including phenoxy) is 2. The maximum absolute atomic E-state index is 13.9. The second kappa shape index (κ2) is 14.4. The van der Waals surface area contributed by atoms with Crippen molar-refractivity contribution in [3.05, 3.63) is 29.7 Å². The molecule has 3 rings (SSSR count). The molecule has 2 N–H and O–H groups in total. The van der Waals surface area contributed by atoms with Crippen molar-refractivity contribution in [3.8, 4) is 17.1 Å². The minimum absolute atomic E-state index is 0.0231. The molecule has 0 spiro atoms. The molecular formula is C28H38F3N5O6. The molecule has 0 radical (unpaired) electrons. The Morgan fingerprint density at radius 3 is 2.60 bits per heavy atom. The quantitative estimate of drug-likeness (QED) is 0.181. The van der Waals surface area contributed by atoms with E-state index in [4.69, 9.17) is 14.0 Å². The van der Waals surface area contributed by atoms with Crippen LogP contribution in [0.5, 0.6) is 5.75 Å². The number of likely N-dealkylation sites (tertiary alicyclic amines) is 1. The molecule has 232 valence electrons. The number of unbranched alkanes of at least 4 members (excludes halogenated alkanes) is 4. The van der Waals surface area contributed by atoms with E-state index in [-0.39, 0.29) is 42.1 Å². The number of carbonyl (C=O) groups excluding carboxylic acids is 1. The molecule has 0 saturated carbocycles. The number of piperidine rings is 1. The van der Waals surface area contributed by atoms with Gasteiger partial charge in [-0.25, -0.2) is 9.59 Å². The Hall–Kier alpha value is -3.84. The van der Waals surface area contributed by atoms with Crippen molar-refractivity contribution in [2.45, 2.75) is 90.3 Å². The summed E-state index contributed by atoms with van der Waals surface area (Å²) >= 11 is 0. The highest BCUT2D eigenvalue weighted by molar-refractivity contribution is 5.98. The highest BCUT2D eigenvalue weighted by atomic mass is 19.4. The van der Waals surface area contributed by atoms with E-state index in [9.17, 15) is 27.9 Å². The number of rotatable bonds is 9. The van der Waals surface area contributed by atoms with E-state index in [1.54, 1.807) is 25.7 Å². The second-order valence-electron chi connectivity index (χ2n) is 11.1. The van der Waals surface area contributed by atoms with Crippen LogP contribution < -0.4 is 10.1 Å². The number of nitrogens with zero attached hydrogens (tertiary/aromatic N) is 4. The molecule has 1 fully saturated rings. The molecular weight excluding hydrogens is 559 g/mol. The van der Waals surface area contributed by atoms with Gasteiger partial charge in [0.25, 0.3) is 0 Å². The predicted molar refractivity (Wildman–Crippen MR) is 147 cm³/mol. The zero-order valence-corrected chi connectivity index (χ0v) is 24.3. The van der Waals surface area contributed by atoms with Gasteiger partial charge in [-0.2, -0.15) is 18.2 Å². The summed E-state index contributed by atoms with van der Waals surface area (Å²) in [6.45, 7) is 7.82. The zero-order valence-electron chi connectivity index (χ0n) is 24.3. The van der Waals surface area contributed by atoms with Crippen LogP contribution in [0.4, 0.5) is 22.8 Å². The average molecular weight is 598 g/mol. The van der Waals surface area contributed by atoms with Crippen LogP contribution in [0.1, 0.15) is 90.0 Å². The Labute approximate surface area is 242 Å². The average Bonchev–Trinajstić information content (AvgIpc) is 3.39. The summed E-state index contributed by atoms with van der Waals surface area (Å²) in [6, 6.07) is 3.65. The number of alkyl halides is 3. The highest BCUT2D eigenvalue weighted by Crippen LogP contribution is 2.39. The van der Waals surface area contributed by atoms with Crippen molar-refractivity contribution in [1.82, 2.24) is 20.4 Å². The lowest BCUT2D eigenvalue weighted by molar-refractivity contribution is -0.138. The smallest absolute Gasteiger partial charge is 0.434 e. The van der Waals surface area contributed by atoms with Crippen molar-refractivity contribution < 1.29 is 41.9 Å². The van der Waals surface area contributed by atoms with Gasteiger partial charge in [-0.15, -0.1) is 4.99 Å². The third kappa shape index (κ3) is 9.91. The lowest BCUT2D eigenvalue weighted by atomic mass is 9.98. The zero-order chi connectivity index (χ0) is 30.9. The van der Waals surface area contributed by atoms with Crippen molar-refractivity contribution in [2.75, 3.05) is 19.7 Å². The molecule has 0 aliphatic carbocycles. The topological polar surface area (TPSA) is 139 Å². The Balaban J connectivity index is 1.74. The van der Waals surface area contributed by atoms with Gasteiger partial charge in [0.1, 0.15) is 11.4 Å². The molecule has 1 aromatic carbocycles. The number of halogens is 3. The number of amides is 2. The van der Waals surface area contributed by atoms with E-state index in [2.05, 4.69) is 27.4 Å². The van der Waals surface area contributed by atoms with Gasteiger partial charge >= 0.3 is 18.4 Å². The Kier molecular flexibility index (Phi) is 11.2. The molecule has 1 saturated heterocycles. The molecule has 1 atom stereocenters. The van der Waals surface area contributed by atoms with Gasteiger partial charge < -0.3 is 24.0 Å². The van der Waals surface area contributed by atoms with Gasteiger partial charge in [0, 0.05) is 18.7 Å². The van der Waals surface area contributed by atoms with Gasteiger partial charge in [0.2, 0.25) is 17.7 Å². The van der Waals surface area contributed by atoms with Gasteiger partial charge in [0.15, 0.2) is 0 Å². The van der Waals surface area contributed by atoms with E-state index in [1.165, 1.54) is 12.1 Å². The fourth-order valence-electron chi connectivity index (χ4n) is 4.46. The summed E-state index contributed by atoms with van der Waals surface area (Å²) in [5, 5.41) is 15.5. The number of aromatic nitrogens is 2. The molecule has 0 unspecified atom stereocenters. The number of hydrogen-bond acceptors (Lipinski definition) is 7. The van der Waals surface area contributed by atoms with E-state index < -0.39 is 35.4 Å². The molecule has 0 bridgehead atoms. The molecule has 2 heterocycles. The first-order chi connectivity index (χ1) is 19.8. The van der Waals surface area contributed by atoms with E-state index >= 15 is 0 Å². The summed E-state index contributed by atoms with van der Waals surface area (Å²) in [5.74, 6) is -0.711. The SMILES string of the molecule is CCCCCCCOc1ccc(-c2noc([C@@H]3CCCN(/C(=N\C(=O)O)NC(=O)OC(C)(C)C)C3)n2)cc1C(F)(F)F. The first-order valence-electron chi connectivity index (χ1n) is 14.0. The van der Waals surface area contributed by atoms with Crippen molar-refractivity contribution in [3.63, 3.8) is 0 Å². The number of carboxylic acid groups (broad SMARTS) is 1. The number of guanidine groups is 1. The number of hydrogen-bond donors (Lipinski definition) is 2. The molecule has 42 heavy (non-hydrogen) atoms. The van der Waals surface area contributed by atoms with Crippen LogP contribution in [0.15, 0.2) is 27.7 Å². The number of nitrogens with one attached hydrogen (secondary N) is 1. The maximum atomic E-state index is 13.9. The first kappa shape index (κ1) is 32.7. The lowest BCUT2D eigenvalue weighted by Crippen LogP contribution is -2.49. The number of aliphatic imine (C=N–C) groups is 1. The maximum Gasteiger partial charge on any atom is 0.434 e. The van der Waals surface area contributed by atoms with E-state index in [1.807, 2.05) is 0 Å². The predicted octanol–water partition coefficient (Wildman–Crippen LogP) is 6.84. The minimum atomic E-state index is -4.65. The van der Waals surface area contributed by atoms with E-state index in [0.29, 0.717) is 25.8 Å². The Morgan fingerprint density at radius 1 is 1.19 bits per heavy atom. The van der Waals surface area contributed by atoms with E-state index in [0.717, 1.165) is 31.7 Å². The summed E-state index contributed by atoms with van der Waals surface area (Å²) in [5.41, 5.74) is -1.63. The molecule has 2 amide bonds. The molecule has 1 aliphatic heterocycles. The summed E-state index contributed by atoms with van der Waals surface area (Å²) < 4.78 is 57.7. The third-order valence-electron chi connectivity index (χ3n) is 6.37. The van der Waals surface area contributed by atoms with Crippen molar-refractivity contribution >= 4 is 18.1 Å². The standard InChI is InChI=1S/C28H38F3N5O6/c1-5-6-7-8-9-15-40-21-13-12-18(16-20(21)28(29,30)31)22-32-23(42-35-22)19-11-10-14-36(17-19)24(33-25(37)38)34-26(39)41-27(2,3)4/h12-13,16,19H,5-11,14-15,17H2,1-4H3,(H,37,38)(H,33,34,39)/t19-/m1/s1. The molecule has 1 aromatic heterocycles. The number of carbonyl (C=O) groups is 2. The summed E-state index contributed by atoms with van der Waals surface area (Å²) in [6.07, 6.45) is -1.15. The number of alkyl carbamates (subject to hydrolysis) is 1. The molecule has 1 aliphatic rings. The van der Waals surface area contributed by atoms with Gasteiger partial charge in [-0.3, -0.25) is 5.32 Å². The van der Waals surface area contributed by atoms with Crippen LogP contribution in [0, 0.1) is 0 Å². The highest BCUT2D eigenvalue weighted by Gasteiger charge is 2.36. The van der Waals surface area contributed by atoms with Crippen LogP contribution in [0.3, 0.4) is 0 Å². The Bertz CT molecular complexity index is 1240. The first-order valence-corrected chi connectivity index (χ1v) is 14.0. The van der Waals surface area contributed by atoms with Gasteiger partial charge in [-0.05, 0) is 58.2 Å². The van der Waals surface area contributed by atoms with Gasteiger partial charge in [-0.1, -0.05) is 37.8 Å². The van der Waals surface area contributed by atoms with Crippen LogP contribution in [-0.2, 0) is 10.9 Å². The molecule has 2 aromatic rings. The minimum Gasteiger partial charge on any atom is -0.493 e. The Morgan fingerprint density at radius 2 is 1.93 bits per heavy atom. The van der Waals surface area contributed by atoms with Crippen LogP contribution in [-0.4, -0.2) is 63.6 Å². The third-order valence-corrected chi connectivity index (χ3v) is 6.37. The molecule has 11 nitrogen and oxygen atoms in total. The van der Waals surface area contributed by atoms with Crippen molar-refractivity contribution in [2.24, 2.45) is 4.99 Å². The van der Waals surface area contributed by atoms with Crippen LogP contribution in [0.25, 0.3) is 11.4 Å².